The molecular formula is C41H37ClN4O6S2. The molecule has 5 aromatic rings. The highest BCUT2D eigenvalue weighted by molar-refractivity contribution is 8.00. The minimum Gasteiger partial charge on any atom is -0.462 e. The van der Waals surface area contributed by atoms with E-state index < -0.39 is 28.9 Å². The molecule has 0 aliphatic rings. The standard InChI is InChI=1S/C41H37ClN4O6S2/c1-4-33(38(49)46-40-34(41(51)52-5-2)25(3)35(54-40)39(50)43-29-15-10-7-11-16-29)53-31-18-12-17-30(24-31)44-37(48)32(23-26-19-21-28(42)22-20-26)45-36(47)27-13-8-6-9-14-27/h6-24,33H,4-5H2,1-3H3,(H,43,50)(H,44,48)(H,45,47)(H,46,49)/b32-23-. The van der Waals surface area contributed by atoms with Crippen LogP contribution in [0.5, 0.6) is 0 Å². The van der Waals surface area contributed by atoms with Crippen LogP contribution in [0.1, 0.15) is 61.8 Å². The summed E-state index contributed by atoms with van der Waals surface area (Å²) in [7, 11) is 0. The Morgan fingerprint density at radius 1 is 0.796 bits per heavy atom. The summed E-state index contributed by atoms with van der Waals surface area (Å²) in [4.78, 5) is 67.6. The molecule has 5 rings (SSSR count). The highest BCUT2D eigenvalue weighted by atomic mass is 35.5. The normalized spacial score (nSPS) is 11.6. The molecule has 0 radical (unpaired) electrons. The van der Waals surface area contributed by atoms with Crippen molar-refractivity contribution in [1.29, 1.82) is 0 Å². The molecule has 0 fully saturated rings. The van der Waals surface area contributed by atoms with Gasteiger partial charge in [-0.1, -0.05) is 73.1 Å². The van der Waals surface area contributed by atoms with Crippen LogP contribution in [0.4, 0.5) is 16.4 Å². The lowest BCUT2D eigenvalue weighted by molar-refractivity contribution is -0.116. The maximum atomic E-state index is 13.7. The van der Waals surface area contributed by atoms with E-state index in [0.717, 1.165) is 11.3 Å². The Balaban J connectivity index is 1.33. The number of ether oxygens (including phenoxy) is 1. The van der Waals surface area contributed by atoms with Gasteiger partial charge in [0.15, 0.2) is 0 Å². The smallest absolute Gasteiger partial charge is 0.341 e. The number of carbonyl (C=O) groups is 5. The Morgan fingerprint density at radius 3 is 2.13 bits per heavy atom. The van der Waals surface area contributed by atoms with Gasteiger partial charge in [-0.2, -0.15) is 0 Å². The number of halogens is 1. The van der Waals surface area contributed by atoms with Gasteiger partial charge in [-0.3, -0.25) is 19.2 Å². The van der Waals surface area contributed by atoms with Gasteiger partial charge >= 0.3 is 5.97 Å². The molecule has 1 atom stereocenters. The monoisotopic (exact) mass is 780 g/mol. The zero-order chi connectivity index (χ0) is 38.6. The van der Waals surface area contributed by atoms with Crippen LogP contribution in [0, 0.1) is 6.92 Å². The molecule has 1 unspecified atom stereocenters. The number of rotatable bonds is 14. The van der Waals surface area contributed by atoms with Crippen LogP contribution in [-0.2, 0) is 14.3 Å². The fourth-order valence-electron chi connectivity index (χ4n) is 5.17. The van der Waals surface area contributed by atoms with E-state index in [4.69, 9.17) is 16.3 Å². The molecule has 0 aliphatic carbocycles. The Hall–Kier alpha value is -5.69. The number of amides is 4. The number of hydrogen-bond donors (Lipinski definition) is 4. The van der Waals surface area contributed by atoms with Gasteiger partial charge in [0.05, 0.1) is 22.3 Å². The quantitative estimate of drug-likeness (QED) is 0.0500. The van der Waals surface area contributed by atoms with Gasteiger partial charge in [-0.05, 0) is 92.1 Å². The second-order valence-electron chi connectivity index (χ2n) is 11.7. The van der Waals surface area contributed by atoms with E-state index in [-0.39, 0.29) is 33.7 Å². The van der Waals surface area contributed by atoms with Crippen molar-refractivity contribution in [2.24, 2.45) is 0 Å². The summed E-state index contributed by atoms with van der Waals surface area (Å²) in [6.45, 7) is 5.30. The Morgan fingerprint density at radius 2 is 1.46 bits per heavy atom. The summed E-state index contributed by atoms with van der Waals surface area (Å²) in [5.74, 6) is -2.46. The highest BCUT2D eigenvalue weighted by Gasteiger charge is 2.29. The molecule has 10 nitrogen and oxygen atoms in total. The maximum absolute atomic E-state index is 13.7. The first-order valence-electron chi connectivity index (χ1n) is 17.0. The summed E-state index contributed by atoms with van der Waals surface area (Å²) < 4.78 is 5.28. The average Bonchev–Trinajstić information content (AvgIpc) is 3.50. The van der Waals surface area contributed by atoms with Crippen molar-refractivity contribution in [2.45, 2.75) is 37.3 Å². The molecule has 1 aromatic heterocycles. The number of anilines is 3. The van der Waals surface area contributed by atoms with Gasteiger partial charge in [0, 0.05) is 26.9 Å². The van der Waals surface area contributed by atoms with Gasteiger partial charge in [-0.15, -0.1) is 23.1 Å². The van der Waals surface area contributed by atoms with Crippen molar-refractivity contribution in [2.75, 3.05) is 22.6 Å². The van der Waals surface area contributed by atoms with Crippen molar-refractivity contribution in [3.8, 4) is 0 Å². The molecule has 4 amide bonds. The lowest BCUT2D eigenvalue weighted by Crippen LogP contribution is -2.30. The lowest BCUT2D eigenvalue weighted by atomic mass is 10.1. The van der Waals surface area contributed by atoms with E-state index in [0.29, 0.717) is 44.4 Å². The predicted molar refractivity (Wildman–Crippen MR) is 216 cm³/mol. The number of nitrogens with one attached hydrogen (secondary N) is 4. The van der Waals surface area contributed by atoms with Crippen LogP contribution in [0.15, 0.2) is 120 Å². The van der Waals surface area contributed by atoms with Crippen molar-refractivity contribution < 1.29 is 28.7 Å². The molecular weight excluding hydrogens is 744 g/mol. The van der Waals surface area contributed by atoms with Gasteiger partial charge in [0.2, 0.25) is 5.91 Å². The molecule has 0 saturated heterocycles. The largest absolute Gasteiger partial charge is 0.462 e. The fourth-order valence-corrected chi connectivity index (χ4v) is 7.40. The summed E-state index contributed by atoms with van der Waals surface area (Å²) in [6, 6.07) is 31.3. The number of para-hydroxylation sites is 1. The Bertz CT molecular complexity index is 2170. The third-order valence-electron chi connectivity index (χ3n) is 7.84. The van der Waals surface area contributed by atoms with Crippen molar-refractivity contribution in [1.82, 2.24) is 5.32 Å². The number of benzene rings is 4. The molecule has 0 saturated carbocycles. The second-order valence-corrected chi connectivity index (χ2v) is 14.4. The molecule has 54 heavy (non-hydrogen) atoms. The van der Waals surface area contributed by atoms with E-state index in [1.54, 1.807) is 117 Å². The molecule has 13 heteroatoms. The SMILES string of the molecule is CCOC(=O)c1c(NC(=O)C(CC)Sc2cccc(NC(=O)/C(=C/c3ccc(Cl)cc3)NC(=O)c3ccccc3)c2)sc(C(=O)Nc2ccccc2)c1C. The third kappa shape index (κ3) is 10.5. The number of carbonyl (C=O) groups excluding carboxylic acids is 5. The van der Waals surface area contributed by atoms with E-state index in [1.165, 1.54) is 11.8 Å². The van der Waals surface area contributed by atoms with E-state index >= 15 is 0 Å². The lowest BCUT2D eigenvalue weighted by Gasteiger charge is -2.16. The van der Waals surface area contributed by atoms with Crippen molar-refractivity contribution in [3.63, 3.8) is 0 Å². The molecule has 1 heterocycles. The molecule has 276 valence electrons. The van der Waals surface area contributed by atoms with E-state index in [1.807, 2.05) is 19.1 Å². The molecule has 0 bridgehead atoms. The van der Waals surface area contributed by atoms with E-state index in [2.05, 4.69) is 21.3 Å². The van der Waals surface area contributed by atoms with Gasteiger partial charge < -0.3 is 26.0 Å². The van der Waals surface area contributed by atoms with Gasteiger partial charge in [-0.25, -0.2) is 4.79 Å². The highest BCUT2D eigenvalue weighted by Crippen LogP contribution is 2.36. The molecule has 0 spiro atoms. The number of esters is 1. The number of hydrogen-bond acceptors (Lipinski definition) is 8. The van der Waals surface area contributed by atoms with Crippen LogP contribution in [0.3, 0.4) is 0 Å². The van der Waals surface area contributed by atoms with Gasteiger partial charge in [0.1, 0.15) is 10.7 Å². The summed E-state index contributed by atoms with van der Waals surface area (Å²) >= 11 is 8.32. The summed E-state index contributed by atoms with van der Waals surface area (Å²) in [6.07, 6.45) is 1.98. The number of thiophene rings is 1. The maximum Gasteiger partial charge on any atom is 0.341 e. The zero-order valence-corrected chi connectivity index (χ0v) is 32.0. The third-order valence-corrected chi connectivity index (χ3v) is 10.7. The Kier molecular flexibility index (Phi) is 13.8. The molecule has 4 N–H and O–H groups in total. The average molecular weight is 781 g/mol. The zero-order valence-electron chi connectivity index (χ0n) is 29.6. The summed E-state index contributed by atoms with van der Waals surface area (Å²) in [5, 5.41) is 11.4. The first kappa shape index (κ1) is 39.5. The van der Waals surface area contributed by atoms with Crippen molar-refractivity contribution >= 4 is 86.7 Å². The van der Waals surface area contributed by atoms with Crippen LogP contribution in [-0.4, -0.2) is 41.5 Å². The van der Waals surface area contributed by atoms with Gasteiger partial charge in [0.25, 0.3) is 17.7 Å². The summed E-state index contributed by atoms with van der Waals surface area (Å²) in [5.41, 5.74) is 2.59. The first-order valence-corrected chi connectivity index (χ1v) is 19.0. The Labute approximate surface area is 326 Å². The predicted octanol–water partition coefficient (Wildman–Crippen LogP) is 9.06. The minimum atomic E-state index is -0.645. The van der Waals surface area contributed by atoms with Crippen LogP contribution < -0.4 is 21.3 Å². The van der Waals surface area contributed by atoms with Crippen LogP contribution in [0.25, 0.3) is 6.08 Å². The fraction of sp³-hybridized carbons (Fsp3) is 0.146. The first-order chi connectivity index (χ1) is 26.1. The topological polar surface area (TPSA) is 143 Å². The van der Waals surface area contributed by atoms with Crippen LogP contribution in [0.2, 0.25) is 5.02 Å². The molecule has 0 aliphatic heterocycles. The molecule has 4 aromatic carbocycles. The van der Waals surface area contributed by atoms with Crippen LogP contribution >= 0.6 is 34.7 Å². The minimum absolute atomic E-state index is 0.00973. The van der Waals surface area contributed by atoms with E-state index in [9.17, 15) is 24.0 Å². The second kappa shape index (κ2) is 18.9. The number of thioether (sulfide) groups is 1. The van der Waals surface area contributed by atoms with Crippen molar-refractivity contribution in [3.05, 3.63) is 147 Å².